The van der Waals surface area contributed by atoms with E-state index in [9.17, 15) is 4.79 Å². The van der Waals surface area contributed by atoms with Gasteiger partial charge in [-0.05, 0) is 25.1 Å². The summed E-state index contributed by atoms with van der Waals surface area (Å²) >= 11 is 0. The van der Waals surface area contributed by atoms with Gasteiger partial charge in [-0.15, -0.1) is 0 Å². The molecular formula is C16H19N3O2. The van der Waals surface area contributed by atoms with Gasteiger partial charge in [-0.3, -0.25) is 9.78 Å². The molecule has 110 valence electrons. The minimum absolute atomic E-state index is 0.122. The highest BCUT2D eigenvalue weighted by atomic mass is 16.5. The monoisotopic (exact) mass is 285 g/mol. The van der Waals surface area contributed by atoms with Crippen molar-refractivity contribution in [2.45, 2.75) is 19.4 Å². The fourth-order valence-corrected chi connectivity index (χ4v) is 2.02. The lowest BCUT2D eigenvalue weighted by atomic mass is 10.0. The number of anilines is 1. The van der Waals surface area contributed by atoms with E-state index >= 15 is 0 Å². The van der Waals surface area contributed by atoms with Crippen LogP contribution in [0.1, 0.15) is 13.3 Å². The van der Waals surface area contributed by atoms with Crippen LogP contribution in [0, 0.1) is 0 Å². The molecule has 1 unspecified atom stereocenters. The van der Waals surface area contributed by atoms with Crippen molar-refractivity contribution < 1.29 is 9.53 Å². The first-order chi connectivity index (χ1) is 10.1. The second-order valence-corrected chi connectivity index (χ2v) is 4.88. The summed E-state index contributed by atoms with van der Waals surface area (Å²) in [6.45, 7) is 1.80. The number of nitrogens with one attached hydrogen (secondary N) is 1. The molecular weight excluding hydrogens is 266 g/mol. The number of hydrogen-bond donors (Lipinski definition) is 2. The van der Waals surface area contributed by atoms with Gasteiger partial charge in [-0.2, -0.15) is 0 Å². The molecule has 1 atom stereocenters. The summed E-state index contributed by atoms with van der Waals surface area (Å²) in [6, 6.07) is 9.16. The number of nitrogens with two attached hydrogens (primary N) is 1. The Bertz CT molecular complexity index is 612. The molecule has 1 heterocycles. The van der Waals surface area contributed by atoms with E-state index in [1.165, 1.54) is 0 Å². The average molecular weight is 285 g/mol. The smallest absolute Gasteiger partial charge is 0.225 e. The predicted octanol–water partition coefficient (Wildman–Crippen LogP) is 2.43. The van der Waals surface area contributed by atoms with Gasteiger partial charge >= 0.3 is 0 Å². The maximum atomic E-state index is 12.0. The van der Waals surface area contributed by atoms with Crippen LogP contribution in [0.2, 0.25) is 0 Å². The topological polar surface area (TPSA) is 77.2 Å². The van der Waals surface area contributed by atoms with Crippen molar-refractivity contribution in [2.75, 3.05) is 12.4 Å². The summed E-state index contributed by atoms with van der Waals surface area (Å²) in [5.74, 6) is 0.558. The van der Waals surface area contributed by atoms with Crippen LogP contribution in [0.3, 0.4) is 0 Å². The molecule has 3 N–H and O–H groups in total. The Labute approximate surface area is 124 Å². The predicted molar refractivity (Wildman–Crippen MR) is 83.1 cm³/mol. The number of benzene rings is 1. The van der Waals surface area contributed by atoms with E-state index in [1.807, 2.05) is 24.3 Å². The molecule has 2 aromatic rings. The van der Waals surface area contributed by atoms with Crippen molar-refractivity contribution in [1.82, 2.24) is 4.98 Å². The third-order valence-electron chi connectivity index (χ3n) is 2.98. The van der Waals surface area contributed by atoms with Gasteiger partial charge in [0, 0.05) is 42.0 Å². The molecule has 0 aliphatic rings. The van der Waals surface area contributed by atoms with Gasteiger partial charge < -0.3 is 15.8 Å². The minimum Gasteiger partial charge on any atom is -0.497 e. The van der Waals surface area contributed by atoms with Crippen LogP contribution in [-0.4, -0.2) is 24.0 Å². The van der Waals surface area contributed by atoms with Gasteiger partial charge in [0.25, 0.3) is 0 Å². The zero-order chi connectivity index (χ0) is 15.2. The average Bonchev–Trinajstić information content (AvgIpc) is 2.47. The number of ether oxygens (including phenoxy) is 1. The van der Waals surface area contributed by atoms with Crippen molar-refractivity contribution in [3.05, 3.63) is 42.7 Å². The van der Waals surface area contributed by atoms with E-state index in [1.54, 1.807) is 32.5 Å². The largest absolute Gasteiger partial charge is 0.497 e. The molecule has 0 spiro atoms. The summed E-state index contributed by atoms with van der Waals surface area (Å²) in [5.41, 5.74) is 8.16. The van der Waals surface area contributed by atoms with Crippen molar-refractivity contribution in [2.24, 2.45) is 5.73 Å². The number of aromatic nitrogens is 1. The first-order valence-electron chi connectivity index (χ1n) is 6.74. The van der Waals surface area contributed by atoms with E-state index in [0.717, 1.165) is 11.1 Å². The molecule has 0 saturated carbocycles. The Hall–Kier alpha value is -2.40. The number of carbonyl (C=O) groups is 1. The van der Waals surface area contributed by atoms with Gasteiger partial charge in [0.15, 0.2) is 0 Å². The summed E-state index contributed by atoms with van der Waals surface area (Å²) in [5, 5.41) is 2.89. The Morgan fingerprint density at radius 2 is 2.24 bits per heavy atom. The number of amides is 1. The molecule has 1 aromatic heterocycles. The summed E-state index contributed by atoms with van der Waals surface area (Å²) < 4.78 is 5.22. The van der Waals surface area contributed by atoms with Crippen molar-refractivity contribution in [3.63, 3.8) is 0 Å². The molecule has 1 aromatic carbocycles. The molecule has 5 nitrogen and oxygen atoms in total. The van der Waals surface area contributed by atoms with Crippen LogP contribution in [0.4, 0.5) is 5.69 Å². The summed E-state index contributed by atoms with van der Waals surface area (Å²) in [4.78, 5) is 16.1. The Morgan fingerprint density at radius 3 is 2.86 bits per heavy atom. The minimum atomic E-state index is -0.183. The maximum Gasteiger partial charge on any atom is 0.225 e. The van der Waals surface area contributed by atoms with Crippen LogP contribution in [0.25, 0.3) is 11.1 Å². The van der Waals surface area contributed by atoms with E-state index in [-0.39, 0.29) is 18.4 Å². The van der Waals surface area contributed by atoms with Gasteiger partial charge in [0.05, 0.1) is 12.8 Å². The van der Waals surface area contributed by atoms with Gasteiger partial charge in [0.2, 0.25) is 5.91 Å². The Morgan fingerprint density at radius 1 is 1.43 bits per heavy atom. The lowest BCUT2D eigenvalue weighted by Gasteiger charge is -2.13. The number of nitrogens with zero attached hydrogens (tertiary/aromatic N) is 1. The Balaban J connectivity index is 2.34. The fraction of sp³-hybridized carbons (Fsp3) is 0.250. The molecule has 21 heavy (non-hydrogen) atoms. The van der Waals surface area contributed by atoms with Crippen LogP contribution in [-0.2, 0) is 4.79 Å². The zero-order valence-corrected chi connectivity index (χ0v) is 12.2. The van der Waals surface area contributed by atoms with E-state index < -0.39 is 0 Å². The van der Waals surface area contributed by atoms with Gasteiger partial charge in [-0.1, -0.05) is 6.07 Å². The van der Waals surface area contributed by atoms with Gasteiger partial charge in [-0.25, -0.2) is 0 Å². The van der Waals surface area contributed by atoms with Crippen molar-refractivity contribution >= 4 is 11.6 Å². The third-order valence-corrected chi connectivity index (χ3v) is 2.98. The lowest BCUT2D eigenvalue weighted by Crippen LogP contribution is -2.24. The molecule has 0 bridgehead atoms. The molecule has 2 rings (SSSR count). The molecule has 5 heteroatoms. The second-order valence-electron chi connectivity index (χ2n) is 4.88. The molecule has 0 saturated heterocycles. The van der Waals surface area contributed by atoms with Crippen LogP contribution >= 0.6 is 0 Å². The molecule has 1 amide bonds. The quantitative estimate of drug-likeness (QED) is 0.884. The SMILES string of the molecule is COc1ccc(-c2cccnc2)c(NC(=O)CC(C)N)c1. The van der Waals surface area contributed by atoms with Crippen LogP contribution in [0.15, 0.2) is 42.7 Å². The van der Waals surface area contributed by atoms with Crippen LogP contribution < -0.4 is 15.8 Å². The molecule has 0 fully saturated rings. The highest BCUT2D eigenvalue weighted by Gasteiger charge is 2.11. The summed E-state index contributed by atoms with van der Waals surface area (Å²) in [6.07, 6.45) is 3.73. The van der Waals surface area contributed by atoms with E-state index in [4.69, 9.17) is 10.5 Å². The van der Waals surface area contributed by atoms with E-state index in [0.29, 0.717) is 11.4 Å². The van der Waals surface area contributed by atoms with Gasteiger partial charge in [0.1, 0.15) is 5.75 Å². The third kappa shape index (κ3) is 4.03. The highest BCUT2D eigenvalue weighted by molar-refractivity contribution is 5.96. The first kappa shape index (κ1) is 15.0. The number of pyridine rings is 1. The first-order valence-corrected chi connectivity index (χ1v) is 6.74. The number of methoxy groups -OCH3 is 1. The number of hydrogen-bond acceptors (Lipinski definition) is 4. The number of rotatable bonds is 5. The zero-order valence-electron chi connectivity index (χ0n) is 12.2. The van der Waals surface area contributed by atoms with E-state index in [2.05, 4.69) is 10.3 Å². The normalized spacial score (nSPS) is 11.8. The molecule has 0 radical (unpaired) electrons. The lowest BCUT2D eigenvalue weighted by molar-refractivity contribution is -0.116. The van der Waals surface area contributed by atoms with Crippen molar-refractivity contribution in [1.29, 1.82) is 0 Å². The Kier molecular flexibility index (Phi) is 4.90. The number of carbonyl (C=O) groups excluding carboxylic acids is 1. The fourth-order valence-electron chi connectivity index (χ4n) is 2.02. The summed E-state index contributed by atoms with van der Waals surface area (Å²) in [7, 11) is 1.59. The molecule has 0 aliphatic heterocycles. The van der Waals surface area contributed by atoms with Crippen molar-refractivity contribution in [3.8, 4) is 16.9 Å². The standard InChI is InChI=1S/C16H19N3O2/c1-11(17)8-16(20)19-15-9-13(21-2)5-6-14(15)12-4-3-7-18-10-12/h3-7,9-11H,8,17H2,1-2H3,(H,19,20). The second kappa shape index (κ2) is 6.85. The van der Waals surface area contributed by atoms with Crippen LogP contribution in [0.5, 0.6) is 5.75 Å². The highest BCUT2D eigenvalue weighted by Crippen LogP contribution is 2.31. The molecule has 0 aliphatic carbocycles. The maximum absolute atomic E-state index is 12.0.